The maximum absolute atomic E-state index is 5.96. The first-order valence-electron chi connectivity index (χ1n) is 11.0. The summed E-state index contributed by atoms with van der Waals surface area (Å²) in [6.07, 6.45) is 3.39. The number of guanidine groups is 1. The van der Waals surface area contributed by atoms with Gasteiger partial charge in [-0.1, -0.05) is 26.0 Å². The van der Waals surface area contributed by atoms with Crippen LogP contribution in [0, 0.1) is 0 Å². The molecule has 1 aliphatic heterocycles. The summed E-state index contributed by atoms with van der Waals surface area (Å²) < 4.78 is 16.9. The van der Waals surface area contributed by atoms with E-state index >= 15 is 0 Å². The van der Waals surface area contributed by atoms with Crippen molar-refractivity contribution in [3.8, 4) is 5.75 Å². The summed E-state index contributed by atoms with van der Waals surface area (Å²) in [6.45, 7) is 12.1. The standard InChI is InChI=1S/C23H39N3O3/c1-5-24-23(26-14-11-22(12-15-26)28-17-6-16-27-4)25-13-18-29-21-9-7-20(8-10-21)19(2)3/h7-10,19,22H,5-6,11-18H2,1-4H3,(H,24,25). The molecule has 0 bridgehead atoms. The maximum atomic E-state index is 5.96. The van der Waals surface area contributed by atoms with Crippen molar-refractivity contribution in [2.45, 2.75) is 52.1 Å². The van der Waals surface area contributed by atoms with Gasteiger partial charge in [0.05, 0.1) is 12.6 Å². The number of benzene rings is 1. The summed E-state index contributed by atoms with van der Waals surface area (Å²) in [5.41, 5.74) is 1.33. The molecule has 6 heteroatoms. The Morgan fingerprint density at radius 3 is 2.48 bits per heavy atom. The summed E-state index contributed by atoms with van der Waals surface area (Å²) in [6, 6.07) is 8.35. The Labute approximate surface area is 176 Å². The number of piperidine rings is 1. The number of ether oxygens (including phenoxy) is 3. The lowest BCUT2D eigenvalue weighted by Crippen LogP contribution is -2.47. The fourth-order valence-electron chi connectivity index (χ4n) is 3.38. The monoisotopic (exact) mass is 405 g/mol. The molecule has 1 aromatic rings. The lowest BCUT2D eigenvalue weighted by Gasteiger charge is -2.34. The Hall–Kier alpha value is -1.79. The van der Waals surface area contributed by atoms with E-state index in [-0.39, 0.29) is 0 Å². The molecule has 0 radical (unpaired) electrons. The summed E-state index contributed by atoms with van der Waals surface area (Å²) in [7, 11) is 1.73. The number of nitrogens with zero attached hydrogens (tertiary/aromatic N) is 2. The number of likely N-dealkylation sites (tertiary alicyclic amines) is 1. The Bertz CT molecular complexity index is 582. The predicted molar refractivity (Wildman–Crippen MR) is 119 cm³/mol. The zero-order valence-corrected chi connectivity index (χ0v) is 18.7. The second-order valence-electron chi connectivity index (χ2n) is 7.71. The number of hydrogen-bond donors (Lipinski definition) is 1. The van der Waals surface area contributed by atoms with Crippen molar-refractivity contribution < 1.29 is 14.2 Å². The Morgan fingerprint density at radius 1 is 1.14 bits per heavy atom. The molecule has 0 spiro atoms. The number of nitrogens with one attached hydrogen (secondary N) is 1. The smallest absolute Gasteiger partial charge is 0.194 e. The molecule has 0 aliphatic carbocycles. The van der Waals surface area contributed by atoms with Crippen LogP contribution >= 0.6 is 0 Å². The van der Waals surface area contributed by atoms with Crippen LogP contribution < -0.4 is 10.1 Å². The number of rotatable bonds is 11. The summed E-state index contributed by atoms with van der Waals surface area (Å²) in [5, 5.41) is 3.41. The molecule has 1 saturated heterocycles. The first-order valence-corrected chi connectivity index (χ1v) is 11.0. The molecular formula is C23H39N3O3. The average molecular weight is 406 g/mol. The van der Waals surface area contributed by atoms with Crippen molar-refractivity contribution >= 4 is 5.96 Å². The van der Waals surface area contributed by atoms with E-state index in [0.717, 1.165) is 63.8 Å². The summed E-state index contributed by atoms with van der Waals surface area (Å²) in [5.74, 6) is 2.42. The third kappa shape index (κ3) is 8.62. The van der Waals surface area contributed by atoms with E-state index in [0.29, 0.717) is 25.2 Å². The lowest BCUT2D eigenvalue weighted by atomic mass is 10.0. The van der Waals surface area contributed by atoms with E-state index < -0.39 is 0 Å². The van der Waals surface area contributed by atoms with Crippen molar-refractivity contribution in [1.82, 2.24) is 10.2 Å². The van der Waals surface area contributed by atoms with Crippen molar-refractivity contribution in [1.29, 1.82) is 0 Å². The van der Waals surface area contributed by atoms with E-state index in [1.165, 1.54) is 5.56 Å². The van der Waals surface area contributed by atoms with Crippen LogP contribution in [0.3, 0.4) is 0 Å². The lowest BCUT2D eigenvalue weighted by molar-refractivity contribution is 0.00990. The number of methoxy groups -OCH3 is 1. The molecule has 2 rings (SSSR count). The highest BCUT2D eigenvalue weighted by Crippen LogP contribution is 2.18. The van der Waals surface area contributed by atoms with Gasteiger partial charge in [-0.3, -0.25) is 0 Å². The van der Waals surface area contributed by atoms with Crippen molar-refractivity contribution in [2.24, 2.45) is 4.99 Å². The minimum Gasteiger partial charge on any atom is -0.492 e. The van der Waals surface area contributed by atoms with E-state index in [4.69, 9.17) is 19.2 Å². The molecule has 1 aliphatic rings. The highest BCUT2D eigenvalue weighted by Gasteiger charge is 2.21. The van der Waals surface area contributed by atoms with E-state index in [2.05, 4.69) is 43.1 Å². The van der Waals surface area contributed by atoms with Crippen LogP contribution in [0.4, 0.5) is 0 Å². The molecule has 0 aromatic heterocycles. The average Bonchev–Trinajstić information content (AvgIpc) is 2.74. The van der Waals surface area contributed by atoms with Crippen molar-refractivity contribution in [2.75, 3.05) is 53.1 Å². The second kappa shape index (κ2) is 13.4. The Kier molecular flexibility index (Phi) is 10.9. The molecule has 1 heterocycles. The highest BCUT2D eigenvalue weighted by molar-refractivity contribution is 5.80. The van der Waals surface area contributed by atoms with E-state index in [1.54, 1.807) is 7.11 Å². The van der Waals surface area contributed by atoms with Gasteiger partial charge in [0.15, 0.2) is 5.96 Å². The number of aliphatic imine (C=N–C) groups is 1. The fourth-order valence-corrected chi connectivity index (χ4v) is 3.38. The maximum Gasteiger partial charge on any atom is 0.194 e. The van der Waals surface area contributed by atoms with Gasteiger partial charge in [-0.25, -0.2) is 4.99 Å². The van der Waals surface area contributed by atoms with Crippen LogP contribution in [0.15, 0.2) is 29.3 Å². The third-order valence-electron chi connectivity index (χ3n) is 5.09. The van der Waals surface area contributed by atoms with Crippen LogP contribution in [0.1, 0.15) is 51.5 Å². The summed E-state index contributed by atoms with van der Waals surface area (Å²) >= 11 is 0. The Morgan fingerprint density at radius 2 is 1.86 bits per heavy atom. The zero-order valence-electron chi connectivity index (χ0n) is 18.7. The van der Waals surface area contributed by atoms with Gasteiger partial charge in [0.25, 0.3) is 0 Å². The predicted octanol–water partition coefficient (Wildman–Crippen LogP) is 3.67. The summed E-state index contributed by atoms with van der Waals surface area (Å²) in [4.78, 5) is 7.09. The van der Waals surface area contributed by atoms with Gasteiger partial charge in [-0.2, -0.15) is 0 Å². The highest BCUT2D eigenvalue weighted by atomic mass is 16.5. The molecule has 1 N–H and O–H groups in total. The molecule has 164 valence electrons. The molecule has 0 amide bonds. The molecule has 1 aromatic carbocycles. The van der Waals surface area contributed by atoms with E-state index in [9.17, 15) is 0 Å². The van der Waals surface area contributed by atoms with Crippen LogP contribution in [0.5, 0.6) is 5.75 Å². The van der Waals surface area contributed by atoms with Gasteiger partial charge in [0, 0.05) is 40.0 Å². The van der Waals surface area contributed by atoms with Crippen LogP contribution in [0.25, 0.3) is 0 Å². The first-order chi connectivity index (χ1) is 14.1. The Balaban J connectivity index is 1.73. The molecule has 0 saturated carbocycles. The largest absolute Gasteiger partial charge is 0.492 e. The van der Waals surface area contributed by atoms with Crippen LogP contribution in [-0.2, 0) is 9.47 Å². The molecular weight excluding hydrogens is 366 g/mol. The fraction of sp³-hybridized carbons (Fsp3) is 0.696. The first kappa shape index (κ1) is 23.5. The number of hydrogen-bond acceptors (Lipinski definition) is 4. The minimum atomic E-state index is 0.350. The van der Waals surface area contributed by atoms with Gasteiger partial charge in [-0.15, -0.1) is 0 Å². The zero-order chi connectivity index (χ0) is 20.9. The van der Waals surface area contributed by atoms with Gasteiger partial charge < -0.3 is 24.4 Å². The van der Waals surface area contributed by atoms with Crippen LogP contribution in [-0.4, -0.2) is 70.1 Å². The van der Waals surface area contributed by atoms with Crippen molar-refractivity contribution in [3.05, 3.63) is 29.8 Å². The van der Waals surface area contributed by atoms with Gasteiger partial charge in [0.2, 0.25) is 0 Å². The molecule has 29 heavy (non-hydrogen) atoms. The SMILES string of the molecule is CCNC(=NCCOc1ccc(C(C)C)cc1)N1CCC(OCCCOC)CC1. The quantitative estimate of drug-likeness (QED) is 0.346. The molecule has 0 unspecified atom stereocenters. The topological polar surface area (TPSA) is 55.3 Å². The molecule has 1 fully saturated rings. The van der Waals surface area contributed by atoms with E-state index in [1.807, 2.05) is 12.1 Å². The molecule has 6 nitrogen and oxygen atoms in total. The molecule has 0 atom stereocenters. The second-order valence-corrected chi connectivity index (χ2v) is 7.71. The van der Waals surface area contributed by atoms with Crippen LogP contribution in [0.2, 0.25) is 0 Å². The third-order valence-corrected chi connectivity index (χ3v) is 5.09. The van der Waals surface area contributed by atoms with Gasteiger partial charge in [0.1, 0.15) is 12.4 Å². The van der Waals surface area contributed by atoms with Crippen molar-refractivity contribution in [3.63, 3.8) is 0 Å². The van der Waals surface area contributed by atoms with Gasteiger partial charge in [-0.05, 0) is 49.8 Å². The normalized spacial score (nSPS) is 15.8. The van der Waals surface area contributed by atoms with Gasteiger partial charge >= 0.3 is 0 Å². The minimum absolute atomic E-state index is 0.350.